The van der Waals surface area contributed by atoms with Crippen LogP contribution in [0, 0.1) is 51.2 Å². The molecule has 1 aliphatic heterocycles. The van der Waals surface area contributed by atoms with Crippen LogP contribution in [0.5, 0.6) is 0 Å². The van der Waals surface area contributed by atoms with Crippen molar-refractivity contribution in [1.82, 2.24) is 10.2 Å². The van der Waals surface area contributed by atoms with Crippen molar-refractivity contribution >= 4 is 24.3 Å². The van der Waals surface area contributed by atoms with Gasteiger partial charge in [0.05, 0.1) is 24.5 Å². The van der Waals surface area contributed by atoms with Crippen molar-refractivity contribution in [1.29, 1.82) is 0 Å². The van der Waals surface area contributed by atoms with Crippen LogP contribution in [0.15, 0.2) is 11.1 Å². The maximum absolute atomic E-state index is 13.0. The summed E-state index contributed by atoms with van der Waals surface area (Å²) in [6, 6.07) is 0. The highest BCUT2D eigenvalue weighted by atomic mass is 16.5. The Balaban J connectivity index is 0.000000878. The summed E-state index contributed by atoms with van der Waals surface area (Å²) in [4.78, 5) is 51.8. The molecule has 1 heterocycles. The minimum absolute atomic E-state index is 0.0866. The van der Waals surface area contributed by atoms with Gasteiger partial charge in [-0.05, 0) is 151 Å². The van der Waals surface area contributed by atoms with E-state index in [1.165, 1.54) is 44.2 Å². The molecule has 8 unspecified atom stereocenters. The lowest BCUT2D eigenvalue weighted by Crippen LogP contribution is -2.64. The van der Waals surface area contributed by atoms with Crippen molar-refractivity contribution < 1.29 is 33.8 Å². The second kappa shape index (κ2) is 15.5. The molecule has 2 N–H and O–H groups in total. The van der Waals surface area contributed by atoms with E-state index < -0.39 is 29.0 Å². The number of carbonyl (C=O) groups is 4. The Morgan fingerprint density at radius 3 is 2.12 bits per heavy atom. The van der Waals surface area contributed by atoms with Gasteiger partial charge >= 0.3 is 18.0 Å². The second-order valence-corrected chi connectivity index (χ2v) is 19.0. The maximum Gasteiger partial charge on any atom is 0.407 e. The number of carboxylic acid groups (broad SMARTS) is 1. The van der Waals surface area contributed by atoms with Crippen molar-refractivity contribution in [2.75, 3.05) is 27.2 Å². The summed E-state index contributed by atoms with van der Waals surface area (Å²) >= 11 is 0. The van der Waals surface area contributed by atoms with Gasteiger partial charge in [0.25, 0.3) is 0 Å². The lowest BCUT2D eigenvalue weighted by atomic mass is 9.36. The molecule has 0 bridgehead atoms. The van der Waals surface area contributed by atoms with Gasteiger partial charge in [0.15, 0.2) is 0 Å². The molecule has 5 fully saturated rings. The standard InChI is InChI=1S/C37H59NO7.C5H11N/c1-22(2)23(3)30-24-11-12-27-35(8,25(24)13-18-37(30,19-20-39)38-32(43)44-10)16-14-26-34(6,7)28(15-17-36(26,27)9)45-29(40)21-33(4,5)31(41)42;1-6-4-2-3-5-6/h20,22,24-28H,11-19,21H2,1-10H3,(H,38,43)(H,41,42);2-5H2,1H3/b30-23+;. The van der Waals surface area contributed by atoms with Gasteiger partial charge in [-0.15, -0.1) is 0 Å². The molecule has 9 nitrogen and oxygen atoms in total. The number of hydrogen-bond acceptors (Lipinski definition) is 7. The van der Waals surface area contributed by atoms with Crippen molar-refractivity contribution in [2.24, 2.45) is 51.2 Å². The van der Waals surface area contributed by atoms with Crippen LogP contribution in [-0.2, 0) is 23.9 Å². The van der Waals surface area contributed by atoms with Gasteiger partial charge in [0.1, 0.15) is 12.4 Å². The van der Waals surface area contributed by atoms with Gasteiger partial charge in [0.2, 0.25) is 0 Å². The van der Waals surface area contributed by atoms with Crippen LogP contribution >= 0.6 is 0 Å². The molecule has 0 radical (unpaired) electrons. The number of aliphatic carboxylic acids is 1. The number of nitrogens with zero attached hydrogens (tertiary/aromatic N) is 1. The zero-order valence-corrected chi connectivity index (χ0v) is 33.8. The Kier molecular flexibility index (Phi) is 12.6. The summed E-state index contributed by atoms with van der Waals surface area (Å²) in [7, 11) is 3.56. The summed E-state index contributed by atoms with van der Waals surface area (Å²) in [5.41, 5.74) is 0.631. The number of ether oxygens (including phenoxy) is 2. The van der Waals surface area contributed by atoms with E-state index >= 15 is 0 Å². The third-order valence-corrected chi connectivity index (χ3v) is 14.9. The Bertz CT molecular complexity index is 1330. The van der Waals surface area contributed by atoms with E-state index in [0.717, 1.165) is 57.7 Å². The predicted octanol–water partition coefficient (Wildman–Crippen LogP) is 8.45. The Morgan fingerprint density at radius 2 is 1.59 bits per heavy atom. The van der Waals surface area contributed by atoms with Gasteiger partial charge in [-0.3, -0.25) is 9.59 Å². The van der Waals surface area contributed by atoms with E-state index in [1.807, 2.05) is 0 Å². The van der Waals surface area contributed by atoms with Crippen LogP contribution in [0.25, 0.3) is 0 Å². The lowest BCUT2D eigenvalue weighted by Gasteiger charge is -2.69. The number of carbonyl (C=O) groups excluding carboxylic acids is 3. The Hall–Kier alpha value is -2.42. The number of fused-ring (bicyclic) bond motifs is 5. The monoisotopic (exact) mass is 715 g/mol. The van der Waals surface area contributed by atoms with E-state index in [1.54, 1.807) is 13.8 Å². The molecule has 0 aromatic rings. The highest BCUT2D eigenvalue weighted by Crippen LogP contribution is 2.71. The zero-order valence-electron chi connectivity index (χ0n) is 33.8. The molecule has 0 spiro atoms. The molecule has 0 aromatic heterocycles. The predicted molar refractivity (Wildman–Crippen MR) is 200 cm³/mol. The van der Waals surface area contributed by atoms with E-state index in [-0.39, 0.29) is 35.2 Å². The third kappa shape index (κ3) is 7.94. The highest BCUT2D eigenvalue weighted by Gasteiger charge is 2.66. The van der Waals surface area contributed by atoms with Crippen LogP contribution in [0.4, 0.5) is 4.79 Å². The molecule has 1 amide bonds. The summed E-state index contributed by atoms with van der Waals surface area (Å²) in [5, 5.41) is 12.7. The van der Waals surface area contributed by atoms with Crippen LogP contribution in [0.1, 0.15) is 139 Å². The molecule has 0 aromatic carbocycles. The topological polar surface area (TPSA) is 122 Å². The number of allylic oxidation sites excluding steroid dienone is 1. The molecule has 8 atom stereocenters. The van der Waals surface area contributed by atoms with Gasteiger partial charge < -0.3 is 29.6 Å². The third-order valence-electron chi connectivity index (χ3n) is 14.9. The van der Waals surface area contributed by atoms with Gasteiger partial charge in [-0.2, -0.15) is 0 Å². The van der Waals surface area contributed by atoms with Crippen molar-refractivity contribution in [3.63, 3.8) is 0 Å². The van der Waals surface area contributed by atoms with Crippen LogP contribution < -0.4 is 5.32 Å². The van der Waals surface area contributed by atoms with E-state index in [0.29, 0.717) is 29.6 Å². The molecule has 290 valence electrons. The fraction of sp³-hybridized carbons (Fsp3) is 0.857. The summed E-state index contributed by atoms with van der Waals surface area (Å²) in [6.45, 7) is 21.9. The molecule has 1 saturated heterocycles. The Labute approximate surface area is 308 Å². The van der Waals surface area contributed by atoms with Crippen molar-refractivity contribution in [3.8, 4) is 0 Å². The fourth-order valence-corrected chi connectivity index (χ4v) is 11.9. The number of likely N-dealkylation sites (tertiary alicyclic amines) is 1. The number of nitrogens with one attached hydrogen (secondary N) is 1. The molecule has 51 heavy (non-hydrogen) atoms. The first kappa shape index (κ1) is 41.3. The molecule has 9 heteroatoms. The minimum Gasteiger partial charge on any atom is -0.481 e. The van der Waals surface area contributed by atoms with Gasteiger partial charge in [-0.25, -0.2) is 4.79 Å². The summed E-state index contributed by atoms with van der Waals surface area (Å²) < 4.78 is 11.2. The Morgan fingerprint density at radius 1 is 0.961 bits per heavy atom. The first-order valence-electron chi connectivity index (χ1n) is 19.8. The number of alkyl carbamates (subject to hydrolysis) is 1. The quantitative estimate of drug-likeness (QED) is 0.146. The molecule has 5 rings (SSSR count). The smallest absolute Gasteiger partial charge is 0.407 e. The normalized spacial score (nSPS) is 37.1. The molecular formula is C42H70N2O7. The number of methoxy groups -OCH3 is 1. The average molecular weight is 715 g/mol. The number of carboxylic acids is 1. The minimum atomic E-state index is -1.16. The summed E-state index contributed by atoms with van der Waals surface area (Å²) in [5.74, 6) is 0.515. The SMILES string of the molecule is CN1CCCC1.COC(=O)NC1(CC=O)CCC2C(CCC3C2(C)CCC2C(C)(C)C(OC(=O)CC(C)(C)C(=O)O)CCC23C)/C1=C(/C)C(C)C. The number of hydrogen-bond donors (Lipinski definition) is 2. The van der Waals surface area contributed by atoms with Gasteiger partial charge in [-0.1, -0.05) is 47.1 Å². The average Bonchev–Trinajstić information content (AvgIpc) is 3.52. The first-order chi connectivity index (χ1) is 23.7. The molecule has 4 aliphatic carbocycles. The number of rotatable bonds is 8. The van der Waals surface area contributed by atoms with Crippen molar-refractivity contribution in [2.45, 2.75) is 151 Å². The number of amides is 1. The van der Waals surface area contributed by atoms with Crippen LogP contribution in [-0.4, -0.2) is 73.2 Å². The molecular weight excluding hydrogens is 644 g/mol. The van der Waals surface area contributed by atoms with Gasteiger partial charge in [0, 0.05) is 11.8 Å². The molecule has 5 aliphatic rings. The van der Waals surface area contributed by atoms with E-state index in [2.05, 4.69) is 65.7 Å². The van der Waals surface area contributed by atoms with E-state index in [4.69, 9.17) is 9.47 Å². The van der Waals surface area contributed by atoms with Crippen LogP contribution in [0.3, 0.4) is 0 Å². The first-order valence-corrected chi connectivity index (χ1v) is 19.8. The molecule has 4 saturated carbocycles. The van der Waals surface area contributed by atoms with Crippen molar-refractivity contribution in [3.05, 3.63) is 11.1 Å². The second-order valence-electron chi connectivity index (χ2n) is 19.0. The summed E-state index contributed by atoms with van der Waals surface area (Å²) in [6.07, 6.45) is 10.9. The fourth-order valence-electron chi connectivity index (χ4n) is 11.9. The van der Waals surface area contributed by atoms with Crippen LogP contribution in [0.2, 0.25) is 0 Å². The van der Waals surface area contributed by atoms with E-state index in [9.17, 15) is 24.3 Å². The maximum atomic E-state index is 13.0. The highest BCUT2D eigenvalue weighted by molar-refractivity contribution is 5.81. The lowest BCUT2D eigenvalue weighted by molar-refractivity contribution is -0.213. The largest absolute Gasteiger partial charge is 0.481 e. The zero-order chi connectivity index (χ0) is 38.2. The number of esters is 1. The number of aldehydes is 1.